The van der Waals surface area contributed by atoms with Crippen LogP contribution in [0, 0.1) is 5.38 Å². The molecule has 1 aromatic carbocycles. The number of halogens is 2. The average Bonchev–Trinajstić information content (AvgIpc) is 2.56. The fourth-order valence-electron chi connectivity index (χ4n) is 1.08. The van der Waals surface area contributed by atoms with Crippen molar-refractivity contribution in [1.29, 1.82) is 0 Å². The van der Waals surface area contributed by atoms with Crippen molar-refractivity contribution in [3.05, 3.63) is 45.8 Å². The topological polar surface area (TPSA) is 0 Å². The molecule has 1 heterocycles. The summed E-state index contributed by atoms with van der Waals surface area (Å²) < 4.78 is 0. The SMILES string of the molecule is Clc1ccc(-c2cc[c]s2)c(Cl)c1. The first-order chi connectivity index (χ1) is 6.27. The van der Waals surface area contributed by atoms with Gasteiger partial charge >= 0.3 is 0 Å². The number of rotatable bonds is 1. The van der Waals surface area contributed by atoms with Crippen molar-refractivity contribution in [3.8, 4) is 10.4 Å². The average molecular weight is 228 g/mol. The van der Waals surface area contributed by atoms with Gasteiger partial charge in [0.2, 0.25) is 0 Å². The molecule has 0 atom stereocenters. The van der Waals surface area contributed by atoms with Crippen LogP contribution in [0.5, 0.6) is 0 Å². The van der Waals surface area contributed by atoms with Gasteiger partial charge in [-0.2, -0.15) is 0 Å². The minimum absolute atomic E-state index is 0.661. The Hall–Kier alpha value is -0.500. The molecule has 0 fully saturated rings. The highest BCUT2D eigenvalue weighted by Gasteiger charge is 2.04. The van der Waals surface area contributed by atoms with Crippen LogP contribution in [0.25, 0.3) is 10.4 Å². The zero-order chi connectivity index (χ0) is 9.26. The third-order valence-corrected chi connectivity index (χ3v) is 3.05. The molecule has 0 aliphatic rings. The fraction of sp³-hybridized carbons (Fsp3) is 0. The molecule has 0 bridgehead atoms. The van der Waals surface area contributed by atoms with Crippen LogP contribution in [0.4, 0.5) is 0 Å². The molecule has 65 valence electrons. The largest absolute Gasteiger partial charge is 0.134 e. The first-order valence-electron chi connectivity index (χ1n) is 3.68. The summed E-state index contributed by atoms with van der Waals surface area (Å²) in [6.45, 7) is 0. The van der Waals surface area contributed by atoms with Crippen molar-refractivity contribution < 1.29 is 0 Å². The van der Waals surface area contributed by atoms with Crippen molar-refractivity contribution in [2.24, 2.45) is 0 Å². The summed E-state index contributed by atoms with van der Waals surface area (Å²) in [5.41, 5.74) is 1.01. The Kier molecular flexibility index (Phi) is 2.58. The Labute approximate surface area is 90.7 Å². The Morgan fingerprint density at radius 3 is 2.62 bits per heavy atom. The van der Waals surface area contributed by atoms with E-state index in [-0.39, 0.29) is 0 Å². The van der Waals surface area contributed by atoms with E-state index in [0.717, 1.165) is 10.4 Å². The van der Waals surface area contributed by atoms with E-state index < -0.39 is 0 Å². The van der Waals surface area contributed by atoms with Gasteiger partial charge in [-0.1, -0.05) is 29.3 Å². The molecule has 0 amide bonds. The van der Waals surface area contributed by atoms with Crippen LogP contribution in [-0.2, 0) is 0 Å². The van der Waals surface area contributed by atoms with Crippen LogP contribution in [-0.4, -0.2) is 0 Å². The molecule has 1 aromatic heterocycles. The van der Waals surface area contributed by atoms with E-state index in [1.54, 1.807) is 17.4 Å². The van der Waals surface area contributed by atoms with E-state index >= 15 is 0 Å². The highest BCUT2D eigenvalue weighted by molar-refractivity contribution is 7.13. The second-order valence-corrected chi connectivity index (χ2v) is 4.26. The van der Waals surface area contributed by atoms with Crippen molar-refractivity contribution in [2.45, 2.75) is 0 Å². The van der Waals surface area contributed by atoms with E-state index in [9.17, 15) is 0 Å². The third kappa shape index (κ3) is 1.88. The number of thiophene rings is 1. The summed E-state index contributed by atoms with van der Waals surface area (Å²) >= 11 is 13.4. The quantitative estimate of drug-likeness (QED) is 0.673. The van der Waals surface area contributed by atoms with Crippen LogP contribution in [0.2, 0.25) is 10.0 Å². The van der Waals surface area contributed by atoms with Gasteiger partial charge < -0.3 is 0 Å². The van der Waals surface area contributed by atoms with Crippen LogP contribution < -0.4 is 0 Å². The lowest BCUT2D eigenvalue weighted by molar-refractivity contribution is 1.69. The summed E-state index contributed by atoms with van der Waals surface area (Å²) in [5, 5.41) is 4.37. The maximum absolute atomic E-state index is 6.03. The molecule has 0 nitrogen and oxygen atoms in total. The van der Waals surface area contributed by atoms with E-state index in [1.807, 2.05) is 24.3 Å². The molecule has 1 radical (unpaired) electrons. The number of hydrogen-bond donors (Lipinski definition) is 0. The smallest absolute Gasteiger partial charge is 0.0507 e. The molecular formula is C10H5Cl2S. The Bertz CT molecular complexity index is 407. The first kappa shape index (κ1) is 9.07. The number of hydrogen-bond acceptors (Lipinski definition) is 1. The van der Waals surface area contributed by atoms with Gasteiger partial charge in [-0.15, -0.1) is 11.3 Å². The van der Waals surface area contributed by atoms with E-state index in [4.69, 9.17) is 23.2 Å². The van der Waals surface area contributed by atoms with Gasteiger partial charge in [0.05, 0.1) is 5.02 Å². The molecule has 2 rings (SSSR count). The second-order valence-electron chi connectivity index (χ2n) is 2.54. The summed E-state index contributed by atoms with van der Waals surface area (Å²) in [6, 6.07) is 9.37. The predicted molar refractivity (Wildman–Crippen MR) is 58.6 cm³/mol. The van der Waals surface area contributed by atoms with Crippen LogP contribution in [0.1, 0.15) is 0 Å². The predicted octanol–water partition coefficient (Wildman–Crippen LogP) is 4.52. The van der Waals surface area contributed by atoms with Crippen LogP contribution >= 0.6 is 34.5 Å². The Morgan fingerprint density at radius 1 is 1.15 bits per heavy atom. The molecule has 0 aliphatic carbocycles. The third-order valence-electron chi connectivity index (χ3n) is 1.67. The maximum Gasteiger partial charge on any atom is 0.0507 e. The van der Waals surface area contributed by atoms with Crippen molar-refractivity contribution >= 4 is 34.5 Å². The van der Waals surface area contributed by atoms with Gasteiger partial charge in [0.25, 0.3) is 0 Å². The lowest BCUT2D eigenvalue weighted by Gasteiger charge is -2.00. The molecule has 0 saturated carbocycles. The van der Waals surface area contributed by atoms with Gasteiger partial charge in [-0.25, -0.2) is 0 Å². The fourth-order valence-corrected chi connectivity index (χ4v) is 2.33. The van der Waals surface area contributed by atoms with Crippen LogP contribution in [0.15, 0.2) is 30.3 Å². The lowest BCUT2D eigenvalue weighted by Crippen LogP contribution is -1.74. The lowest BCUT2D eigenvalue weighted by atomic mass is 10.2. The molecule has 0 aliphatic heterocycles. The molecule has 0 N–H and O–H groups in total. The zero-order valence-electron chi connectivity index (χ0n) is 6.55. The summed E-state index contributed by atoms with van der Waals surface area (Å²) in [5.74, 6) is 0. The minimum atomic E-state index is 0.661. The highest BCUT2D eigenvalue weighted by Crippen LogP contribution is 2.32. The van der Waals surface area contributed by atoms with E-state index in [0.29, 0.717) is 10.0 Å². The van der Waals surface area contributed by atoms with Crippen molar-refractivity contribution in [3.63, 3.8) is 0 Å². The standard InChI is InChI=1S/C10H5Cl2S/c11-7-3-4-8(9(12)6-7)10-2-1-5-13-10/h1-4,6H. The molecule has 13 heavy (non-hydrogen) atoms. The normalized spacial score (nSPS) is 10.3. The molecule has 0 saturated heterocycles. The maximum atomic E-state index is 6.03. The molecule has 3 heteroatoms. The van der Waals surface area contributed by atoms with Crippen molar-refractivity contribution in [2.75, 3.05) is 0 Å². The molecular weight excluding hydrogens is 223 g/mol. The van der Waals surface area contributed by atoms with E-state index in [1.165, 1.54) is 0 Å². The highest BCUT2D eigenvalue weighted by atomic mass is 35.5. The number of benzene rings is 1. The summed E-state index contributed by atoms with van der Waals surface area (Å²) in [6.07, 6.45) is 0. The van der Waals surface area contributed by atoms with Gasteiger partial charge in [0, 0.05) is 20.8 Å². The molecule has 0 spiro atoms. The van der Waals surface area contributed by atoms with E-state index in [2.05, 4.69) is 5.38 Å². The monoisotopic (exact) mass is 227 g/mol. The van der Waals surface area contributed by atoms with Gasteiger partial charge in [-0.3, -0.25) is 0 Å². The van der Waals surface area contributed by atoms with Gasteiger partial charge in [0.15, 0.2) is 0 Å². The van der Waals surface area contributed by atoms with Gasteiger partial charge in [-0.05, 0) is 24.3 Å². The Morgan fingerprint density at radius 2 is 2.00 bits per heavy atom. The molecule has 2 aromatic rings. The second kappa shape index (κ2) is 3.70. The Balaban J connectivity index is 2.53. The molecule has 0 unspecified atom stereocenters. The van der Waals surface area contributed by atoms with Gasteiger partial charge in [0.1, 0.15) is 0 Å². The summed E-state index contributed by atoms with van der Waals surface area (Å²) in [7, 11) is 0. The zero-order valence-corrected chi connectivity index (χ0v) is 8.88. The minimum Gasteiger partial charge on any atom is -0.134 e. The van der Waals surface area contributed by atoms with Crippen molar-refractivity contribution in [1.82, 2.24) is 0 Å². The van der Waals surface area contributed by atoms with Crippen LogP contribution in [0.3, 0.4) is 0 Å². The summed E-state index contributed by atoms with van der Waals surface area (Å²) in [4.78, 5) is 1.11. The first-order valence-corrected chi connectivity index (χ1v) is 5.26.